The molecule has 0 saturated carbocycles. The average Bonchev–Trinajstić information content (AvgIpc) is 2.68. The Morgan fingerprint density at radius 1 is 0.935 bits per heavy atom. The highest BCUT2D eigenvalue weighted by atomic mass is 32.2. The van der Waals surface area contributed by atoms with E-state index < -0.39 is 16.3 Å². The van der Waals surface area contributed by atoms with Crippen LogP contribution in [0.4, 0.5) is 4.79 Å². The highest BCUT2D eigenvalue weighted by molar-refractivity contribution is 8.00. The van der Waals surface area contributed by atoms with Crippen LogP contribution in [0.5, 0.6) is 0 Å². The van der Waals surface area contributed by atoms with Crippen molar-refractivity contribution in [3.63, 3.8) is 0 Å². The normalized spacial score (nSPS) is 12.1. The molecule has 0 aliphatic carbocycles. The number of rotatable bonds is 16. The molecule has 1 rings (SSSR count). The summed E-state index contributed by atoms with van der Waals surface area (Å²) < 4.78 is 30.6. The van der Waals surface area contributed by atoms with Crippen molar-refractivity contribution in [2.45, 2.75) is 89.7 Å². The van der Waals surface area contributed by atoms with Gasteiger partial charge in [-0.25, -0.2) is 4.79 Å². The van der Waals surface area contributed by atoms with Gasteiger partial charge in [-0.05, 0) is 30.9 Å². The first-order chi connectivity index (χ1) is 14.7. The number of hydrogen-bond acceptors (Lipinski definition) is 4. The maximum atomic E-state index is 10.9. The summed E-state index contributed by atoms with van der Waals surface area (Å²) in [6.07, 6.45) is 12.7. The fourth-order valence-electron chi connectivity index (χ4n) is 3.38. The van der Waals surface area contributed by atoms with Gasteiger partial charge < -0.3 is 10.2 Å². The highest BCUT2D eigenvalue weighted by Gasteiger charge is 2.12. The van der Waals surface area contributed by atoms with Crippen molar-refractivity contribution < 1.29 is 28.0 Å². The third-order valence-corrected chi connectivity index (χ3v) is 7.17. The number of carboxylic acid groups (broad SMARTS) is 2. The first-order valence-corrected chi connectivity index (χ1v) is 13.9. The molecular weight excluding hydrogens is 436 g/mol. The Hall–Kier alpha value is -1.25. The van der Waals surface area contributed by atoms with Crippen LogP contribution in [0, 0.1) is 0 Å². The van der Waals surface area contributed by atoms with Crippen LogP contribution in [0.1, 0.15) is 94.4 Å². The van der Waals surface area contributed by atoms with Gasteiger partial charge in [-0.1, -0.05) is 89.0 Å². The lowest BCUT2D eigenvalue weighted by molar-refractivity contribution is 0.137. The first-order valence-electron chi connectivity index (χ1n) is 11.2. The van der Waals surface area contributed by atoms with Crippen LogP contribution in [-0.4, -0.2) is 40.8 Å². The second-order valence-corrected chi connectivity index (χ2v) is 10.7. The maximum Gasteiger partial charge on any atom is 0.503 e. The lowest BCUT2D eigenvalue weighted by atomic mass is 9.98. The largest absolute Gasteiger partial charge is 0.503 e. The second-order valence-electron chi connectivity index (χ2n) is 7.71. The Balaban J connectivity index is 0.00000206. The topological polar surface area (TPSA) is 112 Å². The van der Waals surface area contributed by atoms with E-state index in [-0.39, 0.29) is 11.0 Å². The molecule has 0 aliphatic rings. The molecule has 8 heteroatoms. The van der Waals surface area contributed by atoms with Crippen LogP contribution in [-0.2, 0) is 16.5 Å². The Labute approximate surface area is 192 Å². The summed E-state index contributed by atoms with van der Waals surface area (Å²) in [6.45, 7) is 4.38. The summed E-state index contributed by atoms with van der Waals surface area (Å²) in [4.78, 5) is 8.56. The van der Waals surface area contributed by atoms with Gasteiger partial charge in [0.1, 0.15) is 0 Å². The molecular formula is C23H40O6S2. The van der Waals surface area contributed by atoms with E-state index >= 15 is 0 Å². The van der Waals surface area contributed by atoms with E-state index in [1.165, 1.54) is 75.3 Å². The lowest BCUT2D eigenvalue weighted by Crippen LogP contribution is -2.07. The van der Waals surface area contributed by atoms with Crippen LogP contribution in [0.3, 0.4) is 0 Å². The zero-order chi connectivity index (χ0) is 23.5. The quantitative estimate of drug-likeness (QED) is 0.173. The highest BCUT2D eigenvalue weighted by Crippen LogP contribution is 2.31. The molecule has 0 heterocycles. The third-order valence-electron chi connectivity index (χ3n) is 5.00. The number of benzene rings is 1. The van der Waals surface area contributed by atoms with Gasteiger partial charge in [-0.15, -0.1) is 0 Å². The average molecular weight is 477 g/mol. The predicted octanol–water partition coefficient (Wildman–Crippen LogP) is 7.05. The molecule has 6 nitrogen and oxygen atoms in total. The Morgan fingerprint density at radius 2 is 1.42 bits per heavy atom. The summed E-state index contributed by atoms with van der Waals surface area (Å²) in [5.74, 6) is 0.245. The first kappa shape index (κ1) is 29.8. The molecule has 0 amide bonds. The molecule has 1 aromatic rings. The number of carbonyl (C=O) groups is 1. The fraction of sp³-hybridized carbons (Fsp3) is 0.696. The van der Waals surface area contributed by atoms with E-state index in [0.717, 1.165) is 6.42 Å². The Morgan fingerprint density at radius 3 is 1.94 bits per heavy atom. The molecule has 0 aromatic heterocycles. The van der Waals surface area contributed by atoms with Gasteiger partial charge in [-0.2, -0.15) is 20.2 Å². The van der Waals surface area contributed by atoms with Gasteiger partial charge in [0.2, 0.25) is 0 Å². The molecule has 0 bridgehead atoms. The molecule has 0 aliphatic heterocycles. The van der Waals surface area contributed by atoms with Crippen LogP contribution in [0.25, 0.3) is 0 Å². The molecule has 1 unspecified atom stereocenters. The van der Waals surface area contributed by atoms with E-state index in [2.05, 4.69) is 38.1 Å². The summed E-state index contributed by atoms with van der Waals surface area (Å²) >= 11 is 1.59. The monoisotopic (exact) mass is 476 g/mol. The molecule has 3 N–H and O–H groups in total. The van der Waals surface area contributed by atoms with Crippen molar-refractivity contribution in [2.24, 2.45) is 0 Å². The maximum absolute atomic E-state index is 10.9. The predicted molar refractivity (Wildman–Crippen MR) is 130 cm³/mol. The smallest absolute Gasteiger partial charge is 0.450 e. The van der Waals surface area contributed by atoms with E-state index in [4.69, 9.17) is 19.6 Å². The van der Waals surface area contributed by atoms with Crippen LogP contribution in [0.15, 0.2) is 24.3 Å². The molecule has 0 fully saturated rings. The summed E-state index contributed by atoms with van der Waals surface area (Å²) in [6, 6.07) is 8.49. The lowest BCUT2D eigenvalue weighted by Gasteiger charge is -2.16. The van der Waals surface area contributed by atoms with E-state index in [9.17, 15) is 8.42 Å². The van der Waals surface area contributed by atoms with E-state index in [0.29, 0.717) is 5.75 Å². The van der Waals surface area contributed by atoms with Crippen LogP contribution in [0.2, 0.25) is 0 Å². The Kier molecular flexibility index (Phi) is 17.6. The number of thioether (sulfide) groups is 1. The number of unbranched alkanes of at least 4 members (excludes halogenated alkanes) is 9. The second kappa shape index (κ2) is 18.3. The molecule has 0 spiro atoms. The van der Waals surface area contributed by atoms with E-state index in [1.807, 2.05) is 0 Å². The van der Waals surface area contributed by atoms with Gasteiger partial charge >= 0.3 is 6.16 Å². The van der Waals surface area contributed by atoms with Crippen molar-refractivity contribution in [1.29, 1.82) is 0 Å². The van der Waals surface area contributed by atoms with Crippen molar-refractivity contribution in [1.82, 2.24) is 0 Å². The third kappa shape index (κ3) is 19.2. The van der Waals surface area contributed by atoms with Gasteiger partial charge in [0, 0.05) is 11.0 Å². The van der Waals surface area contributed by atoms with Crippen molar-refractivity contribution in [2.75, 3.05) is 11.5 Å². The molecule has 1 atom stereocenters. The van der Waals surface area contributed by atoms with Crippen LogP contribution >= 0.6 is 11.8 Å². The zero-order valence-electron chi connectivity index (χ0n) is 19.0. The van der Waals surface area contributed by atoms with Crippen molar-refractivity contribution in [3.05, 3.63) is 35.4 Å². The van der Waals surface area contributed by atoms with Gasteiger partial charge in [-0.3, -0.25) is 4.55 Å². The molecule has 0 radical (unpaired) electrons. The Bertz CT molecular complexity index is 687. The minimum absolute atomic E-state index is 0.178. The summed E-state index contributed by atoms with van der Waals surface area (Å²) in [7, 11) is -3.87. The molecule has 1 aromatic carbocycles. The molecule has 180 valence electrons. The SMILES string of the molecule is CCCCCCCCCCCCc1ccccc1C(C)SCCS(=O)(=O)O.O=C(O)O. The summed E-state index contributed by atoms with van der Waals surface area (Å²) in [5, 5.41) is 14.2. The zero-order valence-corrected chi connectivity index (χ0v) is 20.6. The minimum atomic E-state index is -3.87. The van der Waals surface area contributed by atoms with Gasteiger partial charge in [0.15, 0.2) is 0 Å². The van der Waals surface area contributed by atoms with Gasteiger partial charge in [0.05, 0.1) is 5.75 Å². The van der Waals surface area contributed by atoms with Crippen LogP contribution < -0.4 is 0 Å². The standard InChI is InChI=1S/C22H38O3S2.CH2O3/c1-3-4-5-6-7-8-9-10-11-12-15-21-16-13-14-17-22(21)20(2)26-18-19-27(23,24)25;2-1(3)4/h13-14,16-17,20H,3-12,15,18-19H2,1-2H3,(H,23,24,25);(H2,2,3,4). The summed E-state index contributed by atoms with van der Waals surface area (Å²) in [5.41, 5.74) is 2.68. The van der Waals surface area contributed by atoms with Crippen molar-refractivity contribution in [3.8, 4) is 0 Å². The minimum Gasteiger partial charge on any atom is -0.450 e. The van der Waals surface area contributed by atoms with E-state index in [1.54, 1.807) is 11.8 Å². The molecule has 31 heavy (non-hydrogen) atoms. The van der Waals surface area contributed by atoms with Gasteiger partial charge in [0.25, 0.3) is 10.1 Å². The molecule has 0 saturated heterocycles. The fourth-order valence-corrected chi connectivity index (χ4v) is 5.37. The number of hydrogen-bond donors (Lipinski definition) is 3. The number of aryl methyl sites for hydroxylation is 1. The van der Waals surface area contributed by atoms with Crippen molar-refractivity contribution >= 4 is 28.0 Å².